The molecule has 1 amide bonds. The molecule has 1 heterocycles. The van der Waals surface area contributed by atoms with Gasteiger partial charge in [-0.3, -0.25) is 4.79 Å². The zero-order valence-corrected chi connectivity index (χ0v) is 14.5. The number of thiophene rings is 1. The number of carbonyl (C=O) groups excluding carboxylic acids is 1. The van der Waals surface area contributed by atoms with E-state index in [0.717, 1.165) is 11.3 Å². The van der Waals surface area contributed by atoms with Gasteiger partial charge in [0.25, 0.3) is 5.91 Å². The lowest BCUT2D eigenvalue weighted by molar-refractivity contribution is -0.0487. The molecule has 0 atom stereocenters. The molecular formula is C17H12ClF2NO3S. The molecule has 0 radical (unpaired) electrons. The zero-order valence-electron chi connectivity index (χ0n) is 12.9. The Bertz CT molecular complexity index is 929. The quantitative estimate of drug-likeness (QED) is 0.640. The van der Waals surface area contributed by atoms with Crippen molar-refractivity contribution in [3.05, 3.63) is 52.4 Å². The number of para-hydroxylation sites is 2. The molecule has 2 aromatic carbocycles. The summed E-state index contributed by atoms with van der Waals surface area (Å²) in [5.41, 5.74) is 0.479. The molecule has 0 unspecified atom stereocenters. The van der Waals surface area contributed by atoms with Gasteiger partial charge in [-0.1, -0.05) is 29.8 Å². The fraction of sp³-hybridized carbons (Fsp3) is 0.118. The van der Waals surface area contributed by atoms with Crippen LogP contribution in [0.4, 0.5) is 14.5 Å². The van der Waals surface area contributed by atoms with Crippen LogP contribution in [-0.4, -0.2) is 19.6 Å². The minimum Gasteiger partial charge on any atom is -0.495 e. The molecular weight excluding hydrogens is 372 g/mol. The van der Waals surface area contributed by atoms with Crippen molar-refractivity contribution in [2.45, 2.75) is 6.61 Å². The molecule has 3 aromatic rings. The van der Waals surface area contributed by atoms with Crippen LogP contribution in [-0.2, 0) is 0 Å². The summed E-state index contributed by atoms with van der Waals surface area (Å²) in [6, 6.07) is 11.5. The first-order chi connectivity index (χ1) is 12.0. The number of carbonyl (C=O) groups is 1. The molecule has 0 aliphatic carbocycles. The Balaban J connectivity index is 1.98. The molecule has 0 fully saturated rings. The van der Waals surface area contributed by atoms with E-state index >= 15 is 0 Å². The molecule has 0 aliphatic heterocycles. The summed E-state index contributed by atoms with van der Waals surface area (Å²) in [7, 11) is 1.49. The van der Waals surface area contributed by atoms with Gasteiger partial charge in [-0.05, 0) is 24.3 Å². The topological polar surface area (TPSA) is 47.6 Å². The third kappa shape index (κ3) is 3.52. The maximum absolute atomic E-state index is 12.6. The lowest BCUT2D eigenvalue weighted by Gasteiger charge is -2.09. The van der Waals surface area contributed by atoms with Gasteiger partial charge in [0.1, 0.15) is 16.4 Å². The van der Waals surface area contributed by atoms with Gasteiger partial charge in [0.2, 0.25) is 0 Å². The van der Waals surface area contributed by atoms with E-state index in [1.807, 2.05) is 0 Å². The van der Waals surface area contributed by atoms with Crippen molar-refractivity contribution >= 4 is 44.6 Å². The summed E-state index contributed by atoms with van der Waals surface area (Å²) in [6.07, 6.45) is 0. The molecule has 0 saturated carbocycles. The number of fused-ring (bicyclic) bond motifs is 1. The van der Waals surface area contributed by atoms with Gasteiger partial charge in [0.15, 0.2) is 0 Å². The van der Waals surface area contributed by atoms with E-state index in [2.05, 4.69) is 10.1 Å². The molecule has 8 heteroatoms. The number of hydrogen-bond acceptors (Lipinski definition) is 4. The maximum atomic E-state index is 12.6. The second-order valence-electron chi connectivity index (χ2n) is 4.91. The van der Waals surface area contributed by atoms with Crippen LogP contribution in [0.15, 0.2) is 42.5 Å². The largest absolute Gasteiger partial charge is 0.495 e. The van der Waals surface area contributed by atoms with Crippen molar-refractivity contribution in [2.24, 2.45) is 0 Å². The van der Waals surface area contributed by atoms with Gasteiger partial charge >= 0.3 is 6.61 Å². The van der Waals surface area contributed by atoms with Crippen LogP contribution < -0.4 is 14.8 Å². The third-order valence-corrected chi connectivity index (χ3v) is 5.04. The van der Waals surface area contributed by atoms with E-state index in [-0.39, 0.29) is 15.6 Å². The van der Waals surface area contributed by atoms with Crippen LogP contribution in [0.3, 0.4) is 0 Å². The summed E-state index contributed by atoms with van der Waals surface area (Å²) in [6.45, 7) is -2.98. The SMILES string of the molecule is COc1ccccc1NC(=O)c1sc2cccc(OC(F)F)c2c1Cl. The van der Waals surface area contributed by atoms with Gasteiger partial charge < -0.3 is 14.8 Å². The van der Waals surface area contributed by atoms with E-state index in [0.29, 0.717) is 21.5 Å². The highest BCUT2D eigenvalue weighted by Crippen LogP contribution is 2.41. The lowest BCUT2D eigenvalue weighted by Crippen LogP contribution is -2.11. The standard InChI is InChI=1S/C17H12ClF2NO3S/c1-23-10-6-3-2-5-9(10)21-16(22)15-14(18)13-11(24-17(19)20)7-4-8-12(13)25-15/h2-8,17H,1H3,(H,21,22). The van der Waals surface area contributed by atoms with Gasteiger partial charge in [0.05, 0.1) is 23.2 Å². The van der Waals surface area contributed by atoms with Crippen molar-refractivity contribution in [1.29, 1.82) is 0 Å². The number of amides is 1. The third-order valence-electron chi connectivity index (χ3n) is 3.40. The van der Waals surface area contributed by atoms with Crippen LogP contribution in [0.5, 0.6) is 11.5 Å². The minimum atomic E-state index is -2.98. The number of nitrogens with one attached hydrogen (secondary N) is 1. The van der Waals surface area contributed by atoms with Crippen molar-refractivity contribution in [2.75, 3.05) is 12.4 Å². The molecule has 4 nitrogen and oxygen atoms in total. The first kappa shape index (κ1) is 17.4. The van der Waals surface area contributed by atoms with Gasteiger partial charge in [-0.2, -0.15) is 8.78 Å². The number of benzene rings is 2. The van der Waals surface area contributed by atoms with E-state index in [1.54, 1.807) is 36.4 Å². The Hall–Kier alpha value is -2.38. The van der Waals surface area contributed by atoms with Gasteiger partial charge in [-0.15, -0.1) is 11.3 Å². The van der Waals surface area contributed by atoms with E-state index < -0.39 is 12.5 Å². The summed E-state index contributed by atoms with van der Waals surface area (Å²) in [4.78, 5) is 12.8. The molecule has 130 valence electrons. The van der Waals surface area contributed by atoms with Crippen molar-refractivity contribution < 1.29 is 23.0 Å². The highest BCUT2D eigenvalue weighted by atomic mass is 35.5. The smallest absolute Gasteiger partial charge is 0.387 e. The fourth-order valence-corrected chi connectivity index (χ4v) is 3.81. The average Bonchev–Trinajstić information content (AvgIpc) is 2.93. The molecule has 3 rings (SSSR count). The van der Waals surface area contributed by atoms with Crippen LogP contribution in [0.1, 0.15) is 9.67 Å². The molecule has 0 aliphatic rings. The molecule has 0 spiro atoms. The Morgan fingerprint density at radius 3 is 2.60 bits per heavy atom. The molecule has 1 N–H and O–H groups in total. The van der Waals surface area contributed by atoms with Crippen LogP contribution in [0.25, 0.3) is 10.1 Å². The fourth-order valence-electron chi connectivity index (χ4n) is 2.35. The summed E-state index contributed by atoms with van der Waals surface area (Å²) in [5.74, 6) is -0.0291. The summed E-state index contributed by atoms with van der Waals surface area (Å²) in [5, 5.41) is 3.08. The number of anilines is 1. The van der Waals surface area contributed by atoms with E-state index in [9.17, 15) is 13.6 Å². The van der Waals surface area contributed by atoms with E-state index in [1.165, 1.54) is 13.2 Å². The molecule has 25 heavy (non-hydrogen) atoms. The van der Waals surface area contributed by atoms with Crippen LogP contribution in [0, 0.1) is 0 Å². The monoisotopic (exact) mass is 383 g/mol. The Labute approximate surface area is 150 Å². The predicted octanol–water partition coefficient (Wildman–Crippen LogP) is 5.42. The number of hydrogen-bond donors (Lipinski definition) is 1. The predicted molar refractivity (Wildman–Crippen MR) is 94.4 cm³/mol. The number of rotatable bonds is 5. The Kier molecular flexibility index (Phi) is 5.06. The number of ether oxygens (including phenoxy) is 2. The van der Waals surface area contributed by atoms with Crippen molar-refractivity contribution in [1.82, 2.24) is 0 Å². The zero-order chi connectivity index (χ0) is 18.0. The van der Waals surface area contributed by atoms with Crippen LogP contribution in [0.2, 0.25) is 5.02 Å². The molecule has 1 aromatic heterocycles. The average molecular weight is 384 g/mol. The Morgan fingerprint density at radius 2 is 1.88 bits per heavy atom. The second kappa shape index (κ2) is 7.25. The van der Waals surface area contributed by atoms with Crippen LogP contribution >= 0.6 is 22.9 Å². The maximum Gasteiger partial charge on any atom is 0.387 e. The Morgan fingerprint density at radius 1 is 1.16 bits per heavy atom. The highest BCUT2D eigenvalue weighted by Gasteiger charge is 2.21. The number of alkyl halides is 2. The summed E-state index contributed by atoms with van der Waals surface area (Å²) < 4.78 is 35.4. The minimum absolute atomic E-state index is 0.0647. The van der Waals surface area contributed by atoms with Gasteiger partial charge in [0, 0.05) is 4.70 Å². The number of halogens is 3. The van der Waals surface area contributed by atoms with Crippen molar-refractivity contribution in [3.63, 3.8) is 0 Å². The highest BCUT2D eigenvalue weighted by molar-refractivity contribution is 7.21. The first-order valence-corrected chi connectivity index (χ1v) is 8.31. The second-order valence-corrected chi connectivity index (χ2v) is 6.34. The van der Waals surface area contributed by atoms with Gasteiger partial charge in [-0.25, -0.2) is 0 Å². The van der Waals surface area contributed by atoms with Crippen molar-refractivity contribution in [3.8, 4) is 11.5 Å². The molecule has 0 bridgehead atoms. The number of methoxy groups -OCH3 is 1. The first-order valence-electron chi connectivity index (χ1n) is 7.11. The van der Waals surface area contributed by atoms with E-state index in [4.69, 9.17) is 16.3 Å². The molecule has 0 saturated heterocycles. The normalized spacial score (nSPS) is 10.9. The lowest BCUT2D eigenvalue weighted by atomic mass is 10.2. The summed E-state index contributed by atoms with van der Waals surface area (Å²) >= 11 is 7.37.